The van der Waals surface area contributed by atoms with Gasteiger partial charge in [0.1, 0.15) is 0 Å². The van der Waals surface area contributed by atoms with Crippen LogP contribution >= 0.6 is 0 Å². The molecule has 0 unspecified atom stereocenters. The molecule has 2 rings (SSSR count). The van der Waals surface area contributed by atoms with Crippen molar-refractivity contribution < 1.29 is 13.6 Å². The zero-order valence-electron chi connectivity index (χ0n) is 10.5. The number of nitrogens with zero attached hydrogens (tertiary/aromatic N) is 2. The number of rotatable bonds is 2. The predicted octanol–water partition coefficient (Wildman–Crippen LogP) is 1.58. The van der Waals surface area contributed by atoms with Crippen LogP contribution in [0, 0.1) is 5.92 Å². The predicted molar refractivity (Wildman–Crippen MR) is 61.0 cm³/mol. The number of hydrogen-bond donors (Lipinski definition) is 0. The summed E-state index contributed by atoms with van der Waals surface area (Å²) in [5.41, 5.74) is 0. The van der Waals surface area contributed by atoms with E-state index in [9.17, 15) is 13.6 Å². The number of carbonyl (C=O) groups excluding carboxylic acids is 1. The summed E-state index contributed by atoms with van der Waals surface area (Å²) in [6, 6.07) is 0.300. The third-order valence-corrected chi connectivity index (χ3v) is 3.71. The smallest absolute Gasteiger partial charge is 0.250 e. The third kappa shape index (κ3) is 2.76. The highest BCUT2D eigenvalue weighted by atomic mass is 19.3. The van der Waals surface area contributed by atoms with Gasteiger partial charge in [0, 0.05) is 51.0 Å². The maximum atomic E-state index is 13.0. The fourth-order valence-corrected chi connectivity index (χ4v) is 2.45. The number of halogens is 2. The Labute approximate surface area is 101 Å². The van der Waals surface area contributed by atoms with E-state index in [1.807, 2.05) is 18.7 Å². The SMILES string of the molecule is CC(C)C(=O)N1CC(N2CCC(F)(F)CC2)C1. The molecule has 0 aromatic rings. The van der Waals surface area contributed by atoms with Gasteiger partial charge in [-0.3, -0.25) is 9.69 Å². The standard InChI is InChI=1S/C12H20F2N2O/c1-9(2)11(17)16-7-10(8-16)15-5-3-12(13,14)4-6-15/h9-10H,3-8H2,1-2H3. The fraction of sp³-hybridized carbons (Fsp3) is 0.917. The summed E-state index contributed by atoms with van der Waals surface area (Å²) in [6.07, 6.45) is -0.0801. The topological polar surface area (TPSA) is 23.6 Å². The minimum atomic E-state index is -2.48. The number of piperidine rings is 1. The van der Waals surface area contributed by atoms with Crippen molar-refractivity contribution in [2.75, 3.05) is 26.2 Å². The van der Waals surface area contributed by atoms with E-state index in [1.165, 1.54) is 0 Å². The number of hydrogen-bond acceptors (Lipinski definition) is 2. The summed E-state index contributed by atoms with van der Waals surface area (Å²) in [4.78, 5) is 15.6. The van der Waals surface area contributed by atoms with Crippen LogP contribution in [0.2, 0.25) is 0 Å². The second-order valence-electron chi connectivity index (χ2n) is 5.44. The molecule has 0 bridgehead atoms. The van der Waals surface area contributed by atoms with Crippen LogP contribution in [0.4, 0.5) is 8.78 Å². The molecule has 0 spiro atoms. The second kappa shape index (κ2) is 4.52. The van der Waals surface area contributed by atoms with E-state index in [0.717, 1.165) is 0 Å². The minimum absolute atomic E-state index is 0.0293. The van der Waals surface area contributed by atoms with Gasteiger partial charge in [-0.1, -0.05) is 13.8 Å². The van der Waals surface area contributed by atoms with Crippen molar-refractivity contribution in [3.63, 3.8) is 0 Å². The molecule has 0 aromatic heterocycles. The normalized spacial score (nSPS) is 26.1. The van der Waals surface area contributed by atoms with Gasteiger partial charge in [-0.15, -0.1) is 0 Å². The monoisotopic (exact) mass is 246 g/mol. The Hall–Kier alpha value is -0.710. The van der Waals surface area contributed by atoms with E-state index in [2.05, 4.69) is 4.90 Å². The lowest BCUT2D eigenvalue weighted by molar-refractivity contribution is -0.144. The van der Waals surface area contributed by atoms with E-state index in [0.29, 0.717) is 32.2 Å². The van der Waals surface area contributed by atoms with Gasteiger partial charge in [-0.2, -0.15) is 0 Å². The lowest BCUT2D eigenvalue weighted by Gasteiger charge is -2.48. The molecule has 2 heterocycles. The van der Waals surface area contributed by atoms with Gasteiger partial charge in [0.05, 0.1) is 0 Å². The lowest BCUT2D eigenvalue weighted by atomic mass is 9.99. The first kappa shape index (κ1) is 12.7. The maximum absolute atomic E-state index is 13.0. The lowest BCUT2D eigenvalue weighted by Crippen LogP contribution is -2.63. The summed E-state index contributed by atoms with van der Waals surface area (Å²) in [5, 5.41) is 0. The largest absolute Gasteiger partial charge is 0.339 e. The molecule has 2 fully saturated rings. The fourth-order valence-electron chi connectivity index (χ4n) is 2.45. The highest BCUT2D eigenvalue weighted by molar-refractivity contribution is 5.79. The molecule has 2 aliphatic heterocycles. The Kier molecular flexibility index (Phi) is 3.39. The van der Waals surface area contributed by atoms with Gasteiger partial charge in [-0.25, -0.2) is 8.78 Å². The quantitative estimate of drug-likeness (QED) is 0.738. The van der Waals surface area contributed by atoms with Crippen LogP contribution in [0.25, 0.3) is 0 Å². The van der Waals surface area contributed by atoms with Crippen LogP contribution in [0.15, 0.2) is 0 Å². The average Bonchev–Trinajstić information content (AvgIpc) is 2.17. The van der Waals surface area contributed by atoms with Gasteiger partial charge in [0.2, 0.25) is 5.91 Å². The van der Waals surface area contributed by atoms with Crippen LogP contribution in [0.5, 0.6) is 0 Å². The minimum Gasteiger partial charge on any atom is -0.339 e. The molecule has 98 valence electrons. The number of carbonyl (C=O) groups is 1. The van der Waals surface area contributed by atoms with Gasteiger partial charge in [0.15, 0.2) is 0 Å². The number of amides is 1. The molecule has 2 saturated heterocycles. The van der Waals surface area contributed by atoms with Crippen molar-refractivity contribution in [3.8, 4) is 0 Å². The first-order valence-electron chi connectivity index (χ1n) is 6.30. The molecule has 0 aromatic carbocycles. The molecular weight excluding hydrogens is 226 g/mol. The maximum Gasteiger partial charge on any atom is 0.250 e. The Bertz CT molecular complexity index is 291. The van der Waals surface area contributed by atoms with E-state index in [-0.39, 0.29) is 24.7 Å². The van der Waals surface area contributed by atoms with Crippen LogP contribution in [-0.2, 0) is 4.79 Å². The summed E-state index contributed by atoms with van der Waals surface area (Å²) >= 11 is 0. The van der Waals surface area contributed by atoms with Crippen molar-refractivity contribution >= 4 is 5.91 Å². The molecule has 1 amide bonds. The summed E-state index contributed by atoms with van der Waals surface area (Å²) in [6.45, 7) is 6.11. The molecule has 17 heavy (non-hydrogen) atoms. The number of likely N-dealkylation sites (tertiary alicyclic amines) is 2. The Morgan fingerprint density at radius 2 is 1.76 bits per heavy atom. The highest BCUT2D eigenvalue weighted by Crippen LogP contribution is 2.30. The summed E-state index contributed by atoms with van der Waals surface area (Å²) in [5.74, 6) is -2.28. The van der Waals surface area contributed by atoms with E-state index < -0.39 is 5.92 Å². The molecule has 3 nitrogen and oxygen atoms in total. The molecule has 0 N–H and O–H groups in total. The van der Waals surface area contributed by atoms with Gasteiger partial charge in [-0.05, 0) is 0 Å². The van der Waals surface area contributed by atoms with Crippen molar-refractivity contribution in [2.45, 2.75) is 38.7 Å². The third-order valence-electron chi connectivity index (χ3n) is 3.71. The van der Waals surface area contributed by atoms with Crippen LogP contribution in [0.1, 0.15) is 26.7 Å². The van der Waals surface area contributed by atoms with Crippen molar-refractivity contribution in [1.82, 2.24) is 9.80 Å². The Morgan fingerprint density at radius 1 is 1.24 bits per heavy atom. The van der Waals surface area contributed by atoms with Crippen molar-refractivity contribution in [2.24, 2.45) is 5.92 Å². The molecule has 0 atom stereocenters. The first-order chi connectivity index (χ1) is 7.89. The van der Waals surface area contributed by atoms with Gasteiger partial charge < -0.3 is 4.90 Å². The van der Waals surface area contributed by atoms with E-state index >= 15 is 0 Å². The van der Waals surface area contributed by atoms with Crippen LogP contribution < -0.4 is 0 Å². The van der Waals surface area contributed by atoms with Gasteiger partial charge >= 0.3 is 0 Å². The molecule has 5 heteroatoms. The molecule has 2 aliphatic rings. The highest BCUT2D eigenvalue weighted by Gasteiger charge is 2.41. The number of alkyl halides is 2. The zero-order valence-corrected chi connectivity index (χ0v) is 10.5. The molecule has 0 radical (unpaired) electrons. The zero-order chi connectivity index (χ0) is 12.6. The first-order valence-corrected chi connectivity index (χ1v) is 6.30. The van der Waals surface area contributed by atoms with Crippen molar-refractivity contribution in [1.29, 1.82) is 0 Å². The van der Waals surface area contributed by atoms with E-state index in [4.69, 9.17) is 0 Å². The van der Waals surface area contributed by atoms with Crippen LogP contribution in [-0.4, -0.2) is 53.9 Å². The summed E-state index contributed by atoms with van der Waals surface area (Å²) < 4.78 is 26.0. The van der Waals surface area contributed by atoms with Crippen LogP contribution in [0.3, 0.4) is 0 Å². The second-order valence-corrected chi connectivity index (χ2v) is 5.44. The Morgan fingerprint density at radius 3 is 2.24 bits per heavy atom. The summed E-state index contributed by atoms with van der Waals surface area (Å²) in [7, 11) is 0. The Balaban J connectivity index is 1.76. The van der Waals surface area contributed by atoms with Gasteiger partial charge in [0.25, 0.3) is 5.92 Å². The molecular formula is C12H20F2N2O. The average molecular weight is 246 g/mol. The van der Waals surface area contributed by atoms with Crippen molar-refractivity contribution in [3.05, 3.63) is 0 Å². The van der Waals surface area contributed by atoms with E-state index in [1.54, 1.807) is 0 Å². The molecule has 0 saturated carbocycles. The molecule has 0 aliphatic carbocycles.